The molecule has 1 N–H and O–H groups in total. The van der Waals surface area contributed by atoms with Crippen LogP contribution >= 0.6 is 12.2 Å². The summed E-state index contributed by atoms with van der Waals surface area (Å²) in [5.74, 6) is -0.513. The highest BCUT2D eigenvalue weighted by Gasteiger charge is 2.38. The highest BCUT2D eigenvalue weighted by molar-refractivity contribution is 7.80. The second-order valence-corrected chi connectivity index (χ2v) is 9.88. The monoisotopic (exact) mass is 447 g/mol. The zero-order valence-electron chi connectivity index (χ0n) is 19.2. The average molecular weight is 448 g/mol. The Kier molecular flexibility index (Phi) is 5.67. The predicted molar refractivity (Wildman–Crippen MR) is 134 cm³/mol. The van der Waals surface area contributed by atoms with Crippen molar-refractivity contribution in [1.29, 1.82) is 0 Å². The normalized spacial score (nSPS) is 21.8. The highest BCUT2D eigenvalue weighted by Crippen LogP contribution is 2.44. The fourth-order valence-electron chi connectivity index (χ4n) is 5.17. The third kappa shape index (κ3) is 3.84. The van der Waals surface area contributed by atoms with Crippen molar-refractivity contribution in [1.82, 2.24) is 5.32 Å². The highest BCUT2D eigenvalue weighted by atomic mass is 32.1. The molecule has 2 aromatic carbocycles. The molecule has 166 valence electrons. The quantitative estimate of drug-likeness (QED) is 0.408. The molecular formula is C26H29N3O2S. The lowest BCUT2D eigenvalue weighted by Crippen LogP contribution is -2.54. The van der Waals surface area contributed by atoms with Gasteiger partial charge in [-0.2, -0.15) is 0 Å². The first-order chi connectivity index (χ1) is 15.1. The number of carbonyl (C=O) groups is 2. The van der Waals surface area contributed by atoms with E-state index in [-0.39, 0.29) is 16.2 Å². The number of hydrogen-bond acceptors (Lipinski definition) is 4. The number of anilines is 2. The Hall–Kier alpha value is -2.99. The van der Waals surface area contributed by atoms with Gasteiger partial charge in [0.2, 0.25) is 0 Å². The lowest BCUT2D eigenvalue weighted by Gasteiger charge is -2.50. The van der Waals surface area contributed by atoms with E-state index in [0.717, 1.165) is 12.0 Å². The molecule has 0 bridgehead atoms. The number of thiocarbonyl (C=S) groups is 1. The van der Waals surface area contributed by atoms with Gasteiger partial charge in [0.25, 0.3) is 11.8 Å². The number of amides is 2. The van der Waals surface area contributed by atoms with E-state index in [9.17, 15) is 9.59 Å². The molecule has 5 nitrogen and oxygen atoms in total. The first-order valence-corrected chi connectivity index (χ1v) is 11.4. The van der Waals surface area contributed by atoms with Crippen molar-refractivity contribution in [3.05, 3.63) is 65.2 Å². The second kappa shape index (κ2) is 8.17. The summed E-state index contributed by atoms with van der Waals surface area (Å²) < 4.78 is 0. The van der Waals surface area contributed by atoms with E-state index in [1.54, 1.807) is 18.2 Å². The van der Waals surface area contributed by atoms with Crippen LogP contribution in [0, 0.1) is 0 Å². The van der Waals surface area contributed by atoms with Crippen LogP contribution in [0.25, 0.3) is 6.08 Å². The van der Waals surface area contributed by atoms with Gasteiger partial charge in [-0.15, -0.1) is 0 Å². The summed E-state index contributed by atoms with van der Waals surface area (Å²) in [5, 5.41) is 2.75. The minimum absolute atomic E-state index is 0.0612. The van der Waals surface area contributed by atoms with Crippen LogP contribution in [-0.2, 0) is 9.59 Å². The van der Waals surface area contributed by atoms with Gasteiger partial charge in [0.05, 0.1) is 5.69 Å². The molecule has 0 radical (unpaired) electrons. The SMILES string of the molecule is CC(C)N1c2ccc(/C=C3\C(=O)NC(=S)N(c4ccccc4)C3=O)cc2[C@@H](C)CC1(C)C. The minimum Gasteiger partial charge on any atom is -0.364 e. The molecule has 2 aliphatic rings. The van der Waals surface area contributed by atoms with Crippen molar-refractivity contribution in [2.45, 2.75) is 58.5 Å². The first kappa shape index (κ1) is 22.2. The maximum atomic E-state index is 13.2. The Bertz CT molecular complexity index is 1120. The Morgan fingerprint density at radius 1 is 1.12 bits per heavy atom. The van der Waals surface area contributed by atoms with Gasteiger partial charge in [-0.3, -0.25) is 19.8 Å². The van der Waals surface area contributed by atoms with Gasteiger partial charge in [0, 0.05) is 17.3 Å². The van der Waals surface area contributed by atoms with Gasteiger partial charge in [-0.25, -0.2) is 0 Å². The molecule has 1 fully saturated rings. The van der Waals surface area contributed by atoms with E-state index in [1.807, 2.05) is 24.3 Å². The van der Waals surface area contributed by atoms with Crippen molar-refractivity contribution in [2.24, 2.45) is 0 Å². The maximum Gasteiger partial charge on any atom is 0.270 e. The summed E-state index contributed by atoms with van der Waals surface area (Å²) in [6.45, 7) is 11.2. The first-order valence-electron chi connectivity index (χ1n) is 11.0. The smallest absolute Gasteiger partial charge is 0.270 e. The van der Waals surface area contributed by atoms with E-state index < -0.39 is 11.8 Å². The summed E-state index contributed by atoms with van der Waals surface area (Å²) in [6, 6.07) is 15.7. The number of carbonyl (C=O) groups excluding carboxylic acids is 2. The van der Waals surface area contributed by atoms with Gasteiger partial charge in [-0.1, -0.05) is 31.2 Å². The van der Waals surface area contributed by atoms with Gasteiger partial charge < -0.3 is 4.90 Å². The molecule has 2 aliphatic heterocycles. The van der Waals surface area contributed by atoms with Gasteiger partial charge >= 0.3 is 0 Å². The zero-order valence-corrected chi connectivity index (χ0v) is 20.0. The number of fused-ring (bicyclic) bond motifs is 1. The van der Waals surface area contributed by atoms with Crippen LogP contribution < -0.4 is 15.1 Å². The summed E-state index contributed by atoms with van der Waals surface area (Å²) in [4.78, 5) is 29.7. The number of hydrogen-bond donors (Lipinski definition) is 1. The third-order valence-corrected chi connectivity index (χ3v) is 6.53. The third-order valence-electron chi connectivity index (χ3n) is 6.24. The van der Waals surface area contributed by atoms with E-state index in [1.165, 1.54) is 16.2 Å². The summed E-state index contributed by atoms with van der Waals surface area (Å²) in [5.41, 5.74) is 4.06. The summed E-state index contributed by atoms with van der Waals surface area (Å²) in [6.07, 6.45) is 2.70. The molecule has 1 saturated heterocycles. The van der Waals surface area contributed by atoms with Crippen molar-refractivity contribution in [2.75, 3.05) is 9.80 Å². The Morgan fingerprint density at radius 3 is 2.47 bits per heavy atom. The molecule has 0 unspecified atom stereocenters. The van der Waals surface area contributed by atoms with Crippen LogP contribution in [-0.4, -0.2) is 28.5 Å². The molecule has 2 heterocycles. The fraction of sp³-hybridized carbons (Fsp3) is 0.346. The molecule has 4 rings (SSSR count). The second-order valence-electron chi connectivity index (χ2n) is 9.49. The van der Waals surface area contributed by atoms with Crippen LogP contribution in [0.1, 0.15) is 58.1 Å². The van der Waals surface area contributed by atoms with E-state index >= 15 is 0 Å². The maximum absolute atomic E-state index is 13.2. The van der Waals surface area contributed by atoms with Crippen molar-refractivity contribution in [3.8, 4) is 0 Å². The van der Waals surface area contributed by atoms with Gasteiger partial charge in [0.15, 0.2) is 5.11 Å². The lowest BCUT2D eigenvalue weighted by atomic mass is 9.78. The zero-order chi connectivity index (χ0) is 23.2. The predicted octanol–water partition coefficient (Wildman–Crippen LogP) is 5.02. The number of nitrogens with zero attached hydrogens (tertiary/aromatic N) is 2. The molecule has 0 aromatic heterocycles. The van der Waals surface area contributed by atoms with E-state index in [2.05, 4.69) is 57.0 Å². The molecule has 2 aromatic rings. The number of benzene rings is 2. The molecular weight excluding hydrogens is 418 g/mol. The molecule has 0 spiro atoms. The average Bonchev–Trinajstić information content (AvgIpc) is 2.71. The Labute approximate surface area is 195 Å². The Morgan fingerprint density at radius 2 is 1.81 bits per heavy atom. The molecule has 2 amide bonds. The molecule has 1 atom stereocenters. The van der Waals surface area contributed by atoms with Crippen LogP contribution in [0.3, 0.4) is 0 Å². The summed E-state index contributed by atoms with van der Waals surface area (Å²) in [7, 11) is 0. The van der Waals surface area contributed by atoms with Crippen LogP contribution in [0.2, 0.25) is 0 Å². The minimum atomic E-state index is -0.470. The molecule has 0 aliphatic carbocycles. The number of nitrogens with one attached hydrogen (secondary N) is 1. The molecule has 6 heteroatoms. The Balaban J connectivity index is 1.74. The van der Waals surface area contributed by atoms with Crippen molar-refractivity contribution >= 4 is 46.6 Å². The van der Waals surface area contributed by atoms with Crippen molar-refractivity contribution < 1.29 is 9.59 Å². The number of rotatable bonds is 3. The topological polar surface area (TPSA) is 52.7 Å². The molecule has 32 heavy (non-hydrogen) atoms. The number of para-hydroxylation sites is 1. The van der Waals surface area contributed by atoms with E-state index in [0.29, 0.717) is 17.6 Å². The van der Waals surface area contributed by atoms with Gasteiger partial charge in [0.1, 0.15) is 5.57 Å². The van der Waals surface area contributed by atoms with Crippen LogP contribution in [0.4, 0.5) is 11.4 Å². The standard InChI is InChI=1S/C26H29N3O2S/c1-16(2)29-22-12-11-18(13-20(22)17(3)15-26(29,4)5)14-21-23(30)27-25(32)28(24(21)31)19-9-7-6-8-10-19/h6-14,16-17H,15H2,1-5H3,(H,27,30,32)/b21-14+/t17-/m0/s1. The van der Waals surface area contributed by atoms with Crippen LogP contribution in [0.5, 0.6) is 0 Å². The largest absolute Gasteiger partial charge is 0.364 e. The van der Waals surface area contributed by atoms with Crippen molar-refractivity contribution in [3.63, 3.8) is 0 Å². The van der Waals surface area contributed by atoms with Crippen LogP contribution in [0.15, 0.2) is 54.1 Å². The van der Waals surface area contributed by atoms with E-state index in [4.69, 9.17) is 12.2 Å². The lowest BCUT2D eigenvalue weighted by molar-refractivity contribution is -0.122. The molecule has 0 saturated carbocycles. The fourth-order valence-corrected chi connectivity index (χ4v) is 5.45. The summed E-state index contributed by atoms with van der Waals surface area (Å²) >= 11 is 5.28. The van der Waals surface area contributed by atoms with Gasteiger partial charge in [-0.05, 0) is 93.7 Å².